The molecule has 4 nitrogen and oxygen atoms in total. The third-order valence-electron chi connectivity index (χ3n) is 3.88. The topological polar surface area (TPSA) is 59.1 Å². The molecule has 1 amide bonds. The van der Waals surface area contributed by atoms with Crippen molar-refractivity contribution >= 4 is 34.4 Å². The van der Waals surface area contributed by atoms with Gasteiger partial charge < -0.3 is 5.32 Å². The zero-order chi connectivity index (χ0) is 14.9. The SMILES string of the molecule is CC(=O)c1csc(C(=O)NC2(c3nccs3)CCCC2)c1. The molecule has 2 aromatic heterocycles. The van der Waals surface area contributed by atoms with E-state index in [1.54, 1.807) is 29.0 Å². The molecule has 0 spiro atoms. The van der Waals surface area contributed by atoms with E-state index < -0.39 is 0 Å². The molecule has 0 atom stereocenters. The molecule has 1 aliphatic rings. The largest absolute Gasteiger partial charge is 0.339 e. The first-order chi connectivity index (χ1) is 10.1. The van der Waals surface area contributed by atoms with Crippen LogP contribution in [0.3, 0.4) is 0 Å². The number of hydrogen-bond donors (Lipinski definition) is 1. The Kier molecular flexibility index (Phi) is 3.91. The lowest BCUT2D eigenvalue weighted by Gasteiger charge is -2.27. The quantitative estimate of drug-likeness (QED) is 0.876. The van der Waals surface area contributed by atoms with Crippen LogP contribution in [0.2, 0.25) is 0 Å². The summed E-state index contributed by atoms with van der Waals surface area (Å²) in [6.45, 7) is 1.51. The molecule has 0 bridgehead atoms. The van der Waals surface area contributed by atoms with E-state index in [-0.39, 0.29) is 17.2 Å². The maximum absolute atomic E-state index is 12.5. The molecule has 2 heterocycles. The first-order valence-electron chi connectivity index (χ1n) is 6.93. The molecule has 0 saturated heterocycles. The van der Waals surface area contributed by atoms with E-state index >= 15 is 0 Å². The van der Waals surface area contributed by atoms with Crippen LogP contribution in [0.4, 0.5) is 0 Å². The van der Waals surface area contributed by atoms with Crippen molar-refractivity contribution in [1.29, 1.82) is 0 Å². The lowest BCUT2D eigenvalue weighted by Crippen LogP contribution is -2.43. The Labute approximate surface area is 131 Å². The number of nitrogens with one attached hydrogen (secondary N) is 1. The maximum atomic E-state index is 12.5. The van der Waals surface area contributed by atoms with Gasteiger partial charge in [-0.2, -0.15) is 0 Å². The van der Waals surface area contributed by atoms with Crippen molar-refractivity contribution in [3.05, 3.63) is 38.5 Å². The van der Waals surface area contributed by atoms with Gasteiger partial charge in [0.1, 0.15) is 5.01 Å². The van der Waals surface area contributed by atoms with Crippen LogP contribution in [0.1, 0.15) is 57.6 Å². The van der Waals surface area contributed by atoms with Gasteiger partial charge in [-0.1, -0.05) is 12.8 Å². The molecular weight excluding hydrogens is 304 g/mol. The predicted octanol–water partition coefficient (Wildman–Crippen LogP) is 3.61. The molecule has 0 aliphatic heterocycles. The van der Waals surface area contributed by atoms with Crippen molar-refractivity contribution in [2.24, 2.45) is 0 Å². The van der Waals surface area contributed by atoms with Gasteiger partial charge in [0.2, 0.25) is 0 Å². The van der Waals surface area contributed by atoms with Crippen molar-refractivity contribution in [2.45, 2.75) is 38.1 Å². The van der Waals surface area contributed by atoms with Crippen molar-refractivity contribution in [1.82, 2.24) is 10.3 Å². The minimum absolute atomic E-state index is 0.0131. The van der Waals surface area contributed by atoms with Gasteiger partial charge in [0.15, 0.2) is 5.78 Å². The minimum atomic E-state index is -0.328. The highest BCUT2D eigenvalue weighted by Crippen LogP contribution is 2.40. The summed E-state index contributed by atoms with van der Waals surface area (Å²) in [4.78, 5) is 28.8. The molecule has 1 fully saturated rings. The van der Waals surface area contributed by atoms with Crippen molar-refractivity contribution in [3.8, 4) is 0 Å². The highest BCUT2D eigenvalue weighted by Gasteiger charge is 2.39. The summed E-state index contributed by atoms with van der Waals surface area (Å²) >= 11 is 2.91. The first-order valence-corrected chi connectivity index (χ1v) is 8.69. The molecule has 2 aromatic rings. The van der Waals surface area contributed by atoms with Crippen LogP contribution < -0.4 is 5.32 Å². The molecule has 0 aromatic carbocycles. The number of nitrogens with zero attached hydrogens (tertiary/aromatic N) is 1. The highest BCUT2D eigenvalue weighted by atomic mass is 32.1. The number of ketones is 1. The second-order valence-corrected chi connectivity index (χ2v) is 7.14. The summed E-state index contributed by atoms with van der Waals surface area (Å²) in [5.74, 6) is -0.120. The third kappa shape index (κ3) is 2.78. The predicted molar refractivity (Wildman–Crippen MR) is 84.0 cm³/mol. The average Bonchev–Trinajstić information content (AvgIpc) is 3.20. The number of carbonyl (C=O) groups is 2. The Bertz CT molecular complexity index is 655. The number of amides is 1. The van der Waals surface area contributed by atoms with E-state index in [1.807, 2.05) is 5.38 Å². The van der Waals surface area contributed by atoms with Crippen LogP contribution in [0.25, 0.3) is 0 Å². The van der Waals surface area contributed by atoms with Gasteiger partial charge in [0, 0.05) is 22.5 Å². The molecule has 110 valence electrons. The molecule has 0 radical (unpaired) electrons. The van der Waals surface area contributed by atoms with E-state index in [9.17, 15) is 9.59 Å². The molecule has 0 unspecified atom stereocenters. The molecule has 3 rings (SSSR count). The second-order valence-electron chi connectivity index (χ2n) is 5.34. The Morgan fingerprint density at radius 2 is 2.05 bits per heavy atom. The fourth-order valence-corrected chi connectivity index (χ4v) is 4.44. The Balaban J connectivity index is 1.83. The molecular formula is C15H16N2O2S2. The number of carbonyl (C=O) groups excluding carboxylic acids is 2. The van der Waals surface area contributed by atoms with E-state index in [2.05, 4.69) is 10.3 Å². The van der Waals surface area contributed by atoms with E-state index in [0.717, 1.165) is 30.7 Å². The smallest absolute Gasteiger partial charge is 0.262 e. The van der Waals surface area contributed by atoms with Crippen LogP contribution >= 0.6 is 22.7 Å². The van der Waals surface area contributed by atoms with Gasteiger partial charge in [0.05, 0.1) is 10.4 Å². The van der Waals surface area contributed by atoms with Crippen LogP contribution in [0.15, 0.2) is 23.0 Å². The summed E-state index contributed by atoms with van der Waals surface area (Å²) in [5, 5.41) is 7.84. The lowest BCUT2D eigenvalue weighted by molar-refractivity contribution is 0.0902. The second kappa shape index (κ2) is 5.69. The molecule has 1 N–H and O–H groups in total. The van der Waals surface area contributed by atoms with Crippen LogP contribution in [0.5, 0.6) is 0 Å². The van der Waals surface area contributed by atoms with Crippen LogP contribution in [-0.4, -0.2) is 16.7 Å². The van der Waals surface area contributed by atoms with Crippen molar-refractivity contribution in [3.63, 3.8) is 0 Å². The average molecular weight is 320 g/mol. The summed E-state index contributed by atoms with van der Waals surface area (Å²) < 4.78 is 0. The van der Waals surface area contributed by atoms with Crippen molar-refractivity contribution < 1.29 is 9.59 Å². The van der Waals surface area contributed by atoms with E-state index in [4.69, 9.17) is 0 Å². The Morgan fingerprint density at radius 1 is 1.29 bits per heavy atom. The Hall–Kier alpha value is -1.53. The normalized spacial score (nSPS) is 16.8. The standard InChI is InChI=1S/C15H16N2O2S2/c1-10(18)11-8-12(21-9-11)13(19)17-15(4-2-3-5-15)14-16-6-7-20-14/h6-9H,2-5H2,1H3,(H,17,19). The first kappa shape index (κ1) is 14.4. The van der Waals surface area contributed by atoms with Gasteiger partial charge in [-0.3, -0.25) is 9.59 Å². The maximum Gasteiger partial charge on any atom is 0.262 e. The number of Topliss-reactive ketones (excluding diaryl/α,β-unsaturated/α-hetero) is 1. The fraction of sp³-hybridized carbons (Fsp3) is 0.400. The fourth-order valence-electron chi connectivity index (χ4n) is 2.75. The van der Waals surface area contributed by atoms with Crippen LogP contribution in [-0.2, 0) is 5.54 Å². The van der Waals surface area contributed by atoms with Gasteiger partial charge in [0.25, 0.3) is 5.91 Å². The van der Waals surface area contributed by atoms with Crippen LogP contribution in [0, 0.1) is 0 Å². The Morgan fingerprint density at radius 3 is 2.62 bits per heavy atom. The highest BCUT2D eigenvalue weighted by molar-refractivity contribution is 7.12. The van der Waals surface area contributed by atoms with Gasteiger partial charge in [-0.25, -0.2) is 4.98 Å². The number of thiazole rings is 1. The summed E-state index contributed by atoms with van der Waals surface area (Å²) in [6, 6.07) is 1.67. The molecule has 21 heavy (non-hydrogen) atoms. The zero-order valence-corrected chi connectivity index (χ0v) is 13.4. The van der Waals surface area contributed by atoms with Crippen molar-refractivity contribution in [2.75, 3.05) is 0 Å². The molecule has 6 heteroatoms. The van der Waals surface area contributed by atoms with Gasteiger partial charge in [-0.05, 0) is 25.8 Å². The minimum Gasteiger partial charge on any atom is -0.339 e. The molecule has 1 aliphatic carbocycles. The number of hydrogen-bond acceptors (Lipinski definition) is 5. The van der Waals surface area contributed by atoms with E-state index in [0.29, 0.717) is 10.4 Å². The van der Waals surface area contributed by atoms with E-state index in [1.165, 1.54) is 18.3 Å². The molecule has 1 saturated carbocycles. The summed E-state index contributed by atoms with van der Waals surface area (Å²) in [7, 11) is 0. The summed E-state index contributed by atoms with van der Waals surface area (Å²) in [5.41, 5.74) is 0.269. The lowest BCUT2D eigenvalue weighted by atomic mass is 9.98. The summed E-state index contributed by atoms with van der Waals surface area (Å²) in [6.07, 6.45) is 5.84. The third-order valence-corrected chi connectivity index (χ3v) is 5.79. The monoisotopic (exact) mass is 320 g/mol. The number of aromatic nitrogens is 1. The van der Waals surface area contributed by atoms with Gasteiger partial charge in [-0.15, -0.1) is 22.7 Å². The number of thiophene rings is 1. The zero-order valence-electron chi connectivity index (χ0n) is 11.7. The van der Waals surface area contributed by atoms with Gasteiger partial charge >= 0.3 is 0 Å². The number of rotatable bonds is 4.